The van der Waals surface area contributed by atoms with Gasteiger partial charge in [0, 0.05) is 55.2 Å². The number of hydrogen-bond acceptors (Lipinski definition) is 5. The highest BCUT2D eigenvalue weighted by Crippen LogP contribution is 2.44. The maximum atomic E-state index is 11.0. The summed E-state index contributed by atoms with van der Waals surface area (Å²) >= 11 is 0. The number of benzene rings is 10. The fourth-order valence-electron chi connectivity index (χ4n) is 10.9. The van der Waals surface area contributed by atoms with Crippen LogP contribution in [0, 0.1) is 89.5 Å². The standard InChI is InChI=1S/C70H30N12/c1-76-54-22-41(36-71)18-50(26-54)45-7-13-60-61-14-8-46(51-19-42(37-72)23-55(27-51)77-2)31-68(61)81(67(60)30-45)58-11-6-49(40-75)64(34-58)65-35-59(12-17-66(65)80-5)82-69-32-47(52-20-43(38-73)24-56(28-52)78-3)9-15-62(69)63-16-10-48(33-70(63)82)53-21-44(39-74)25-57(29-53)79-4/h6-35H. The predicted octanol–water partition coefficient (Wildman–Crippen LogP) is 18.3. The second kappa shape index (κ2) is 20.0. The van der Waals surface area contributed by atoms with Gasteiger partial charge in [-0.2, -0.15) is 26.3 Å². The largest absolute Gasteiger partial charge is 0.309 e. The average Bonchev–Trinajstić information content (AvgIpc) is 3.95. The van der Waals surface area contributed by atoms with Crippen molar-refractivity contribution in [1.82, 2.24) is 9.13 Å². The molecule has 370 valence electrons. The van der Waals surface area contributed by atoms with E-state index in [-0.39, 0.29) is 5.69 Å². The van der Waals surface area contributed by atoms with Gasteiger partial charge in [-0.1, -0.05) is 54.6 Å². The van der Waals surface area contributed by atoms with Crippen molar-refractivity contribution in [3.8, 4) is 97.4 Å². The molecule has 12 rings (SSSR count). The Balaban J connectivity index is 1.11. The number of nitriles is 5. The van der Waals surface area contributed by atoms with Crippen LogP contribution >= 0.6 is 0 Å². The number of fused-ring (bicyclic) bond motifs is 6. The van der Waals surface area contributed by atoms with Gasteiger partial charge in [0.05, 0.1) is 90.8 Å². The first-order chi connectivity index (χ1) is 40.1. The van der Waals surface area contributed by atoms with Crippen LogP contribution in [0.15, 0.2) is 182 Å². The summed E-state index contributed by atoms with van der Waals surface area (Å²) in [6.07, 6.45) is 0. The lowest BCUT2D eigenvalue weighted by molar-refractivity contribution is 1.17. The first kappa shape index (κ1) is 49.6. The van der Waals surface area contributed by atoms with E-state index in [1.807, 2.05) is 97.1 Å². The highest BCUT2D eigenvalue weighted by Gasteiger charge is 2.22. The number of hydrogen-bond donors (Lipinski definition) is 0. The molecule has 0 saturated carbocycles. The van der Waals surface area contributed by atoms with Gasteiger partial charge in [-0.25, -0.2) is 24.2 Å². The molecule has 0 bridgehead atoms. The molecule has 2 heterocycles. The number of rotatable bonds is 7. The zero-order chi connectivity index (χ0) is 56.8. The number of nitrogens with zero attached hydrogens (tertiary/aromatic N) is 12. The van der Waals surface area contributed by atoms with E-state index in [1.165, 1.54) is 0 Å². The molecule has 0 unspecified atom stereocenters. The molecule has 12 heteroatoms. The Morgan fingerprint density at radius 3 is 0.890 bits per heavy atom. The normalized spacial score (nSPS) is 10.6. The molecule has 0 amide bonds. The van der Waals surface area contributed by atoms with E-state index in [1.54, 1.807) is 84.9 Å². The summed E-state index contributed by atoms with van der Waals surface area (Å²) in [6.45, 7) is 39.7. The first-order valence-electron chi connectivity index (χ1n) is 25.1. The molecular weight excluding hydrogens is 1010 g/mol. The highest BCUT2D eigenvalue weighted by atomic mass is 15.0. The zero-order valence-electron chi connectivity index (χ0n) is 42.7. The van der Waals surface area contributed by atoms with Gasteiger partial charge in [-0.3, -0.25) is 0 Å². The fourth-order valence-corrected chi connectivity index (χ4v) is 10.9. The Bertz CT molecular complexity index is 4580. The van der Waals surface area contributed by atoms with Crippen LogP contribution < -0.4 is 0 Å². The van der Waals surface area contributed by atoms with Gasteiger partial charge < -0.3 is 9.13 Å². The van der Waals surface area contributed by atoms with Crippen molar-refractivity contribution in [2.24, 2.45) is 0 Å². The van der Waals surface area contributed by atoms with Gasteiger partial charge in [0.25, 0.3) is 0 Å². The molecule has 12 aromatic rings. The maximum Gasteiger partial charge on any atom is 0.195 e. The summed E-state index contributed by atoms with van der Waals surface area (Å²) < 4.78 is 4.13. The van der Waals surface area contributed by atoms with Crippen LogP contribution in [0.5, 0.6) is 0 Å². The van der Waals surface area contributed by atoms with E-state index in [0.29, 0.717) is 95.3 Å². The lowest BCUT2D eigenvalue weighted by Gasteiger charge is -2.16. The van der Waals surface area contributed by atoms with Crippen LogP contribution in [0.4, 0.5) is 28.4 Å². The van der Waals surface area contributed by atoms with E-state index < -0.39 is 0 Å². The van der Waals surface area contributed by atoms with Gasteiger partial charge in [0.2, 0.25) is 0 Å². The average molecular weight is 1040 g/mol. The molecule has 82 heavy (non-hydrogen) atoms. The van der Waals surface area contributed by atoms with E-state index in [0.717, 1.165) is 65.9 Å². The van der Waals surface area contributed by atoms with Crippen molar-refractivity contribution in [2.45, 2.75) is 0 Å². The molecular formula is C70H30N12. The second-order valence-corrected chi connectivity index (χ2v) is 19.2. The van der Waals surface area contributed by atoms with Crippen molar-refractivity contribution >= 4 is 72.0 Å². The molecule has 0 N–H and O–H groups in total. The minimum atomic E-state index is 0.271. The molecule has 2 aromatic heterocycles. The topological polar surface area (TPSA) is 151 Å². The Kier molecular flexibility index (Phi) is 12.1. The second-order valence-electron chi connectivity index (χ2n) is 19.2. The van der Waals surface area contributed by atoms with Gasteiger partial charge in [-0.05, 0) is 183 Å². The molecule has 0 radical (unpaired) electrons. The van der Waals surface area contributed by atoms with Crippen LogP contribution in [-0.4, -0.2) is 9.13 Å². The van der Waals surface area contributed by atoms with Crippen molar-refractivity contribution in [3.63, 3.8) is 0 Å². The molecule has 0 aliphatic heterocycles. The molecule has 0 atom stereocenters. The third-order valence-electron chi connectivity index (χ3n) is 14.6. The Morgan fingerprint density at radius 2 is 0.598 bits per heavy atom. The van der Waals surface area contributed by atoms with Gasteiger partial charge in [0.15, 0.2) is 28.4 Å². The van der Waals surface area contributed by atoms with Gasteiger partial charge in [0.1, 0.15) is 0 Å². The van der Waals surface area contributed by atoms with Crippen molar-refractivity contribution < 1.29 is 0 Å². The van der Waals surface area contributed by atoms with Crippen LogP contribution in [0.3, 0.4) is 0 Å². The lowest BCUT2D eigenvalue weighted by atomic mass is 9.97. The third kappa shape index (κ3) is 8.44. The smallest absolute Gasteiger partial charge is 0.195 e. The van der Waals surface area contributed by atoms with E-state index in [4.69, 9.17) is 32.9 Å². The molecule has 0 fully saturated rings. The van der Waals surface area contributed by atoms with Gasteiger partial charge >= 0.3 is 0 Å². The quantitative estimate of drug-likeness (QED) is 0.146. The Labute approximate surface area is 469 Å². The fraction of sp³-hybridized carbons (Fsp3) is 0. The molecule has 0 aliphatic rings. The lowest BCUT2D eigenvalue weighted by Crippen LogP contribution is -1.98. The van der Waals surface area contributed by atoms with Gasteiger partial charge in [-0.15, -0.1) is 0 Å². The minimum Gasteiger partial charge on any atom is -0.309 e. The van der Waals surface area contributed by atoms with E-state index in [2.05, 4.69) is 63.7 Å². The van der Waals surface area contributed by atoms with Crippen LogP contribution in [0.2, 0.25) is 0 Å². The Hall–Kier alpha value is -13.3. The molecule has 12 nitrogen and oxygen atoms in total. The molecule has 10 aromatic carbocycles. The van der Waals surface area contributed by atoms with Crippen molar-refractivity contribution in [1.29, 1.82) is 26.3 Å². The van der Waals surface area contributed by atoms with Crippen molar-refractivity contribution in [3.05, 3.63) is 267 Å². The molecule has 0 saturated heterocycles. The first-order valence-corrected chi connectivity index (χ1v) is 25.1. The number of aromatic nitrogens is 2. The Morgan fingerprint density at radius 1 is 0.280 bits per heavy atom. The SMILES string of the molecule is [C-]#[N+]c1cc(C#N)cc(-c2ccc3c4ccc(-c5cc(C#N)cc([N+]#[C-])c5)cc4n(-c4ccc(C#N)c(-c5cc(-n6c7cc(-c8cc(C#N)cc([N+]#[C-])c8)ccc7c7ccc(-c8cc(C#N)cc([N+]#[C-])c8)cc76)ccc5[N+]#[C-])c4)c3c2)c1. The van der Waals surface area contributed by atoms with Crippen molar-refractivity contribution in [2.75, 3.05) is 0 Å². The van der Waals surface area contributed by atoms with Crippen LogP contribution in [0.25, 0.3) is 135 Å². The summed E-state index contributed by atoms with van der Waals surface area (Å²) in [4.78, 5) is 18.6. The summed E-state index contributed by atoms with van der Waals surface area (Å²) in [7, 11) is 0. The van der Waals surface area contributed by atoms with Crippen LogP contribution in [-0.2, 0) is 0 Å². The summed E-state index contributed by atoms with van der Waals surface area (Å²) in [5.41, 5.74) is 14.0. The molecule has 0 aliphatic carbocycles. The van der Waals surface area contributed by atoms with E-state index >= 15 is 0 Å². The minimum absolute atomic E-state index is 0.271. The molecule has 0 spiro atoms. The predicted molar refractivity (Wildman–Crippen MR) is 317 cm³/mol. The monoisotopic (exact) mass is 1040 g/mol. The maximum absolute atomic E-state index is 11.0. The summed E-state index contributed by atoms with van der Waals surface area (Å²) in [5.74, 6) is 0. The third-order valence-corrected chi connectivity index (χ3v) is 14.6. The zero-order valence-corrected chi connectivity index (χ0v) is 42.7. The van der Waals surface area contributed by atoms with Crippen LogP contribution in [0.1, 0.15) is 27.8 Å². The summed E-state index contributed by atoms with van der Waals surface area (Å²) in [6, 6.07) is 65.9. The highest BCUT2D eigenvalue weighted by molar-refractivity contribution is 6.13. The van der Waals surface area contributed by atoms with E-state index in [9.17, 15) is 26.3 Å². The summed E-state index contributed by atoms with van der Waals surface area (Å²) in [5, 5.41) is 54.2.